The second-order valence-corrected chi connectivity index (χ2v) is 7.17. The summed E-state index contributed by atoms with van der Waals surface area (Å²) in [5.74, 6) is 0. The largest absolute Gasteiger partial charge is 0.394 e. The van der Waals surface area contributed by atoms with Crippen molar-refractivity contribution in [2.75, 3.05) is 13.2 Å². The molecule has 0 bridgehead atoms. The molecule has 13 heteroatoms. The number of hydrogen-bond donors (Lipinski definition) is 8. The minimum absolute atomic E-state index is 0.547. The molecular formula is C16H24N2O11. The molecule has 9 atom stereocenters. The maximum Gasteiger partial charge on any atom is 0.330 e. The molecule has 2 saturated heterocycles. The molecule has 1 aromatic heterocycles. The van der Waals surface area contributed by atoms with Crippen molar-refractivity contribution in [3.05, 3.63) is 33.1 Å². The number of hydrogen-bond acceptors (Lipinski definition) is 11. The second-order valence-electron chi connectivity index (χ2n) is 7.17. The molecule has 0 spiro atoms. The average molecular weight is 420 g/mol. The smallest absolute Gasteiger partial charge is 0.330 e. The van der Waals surface area contributed by atoms with Crippen LogP contribution in [0.1, 0.15) is 6.42 Å². The van der Waals surface area contributed by atoms with Crippen molar-refractivity contribution in [3.8, 4) is 0 Å². The Bertz CT molecular complexity index is 826. The molecule has 8 N–H and O–H groups in total. The molecule has 2 fully saturated rings. The van der Waals surface area contributed by atoms with Crippen molar-refractivity contribution in [2.45, 2.75) is 61.0 Å². The van der Waals surface area contributed by atoms with Crippen molar-refractivity contribution in [3.63, 3.8) is 0 Å². The number of ether oxygens (including phenoxy) is 2. The Hall–Kier alpha value is -1.68. The lowest BCUT2D eigenvalue weighted by atomic mass is 9.88. The van der Waals surface area contributed by atoms with Crippen molar-refractivity contribution >= 4 is 0 Å². The predicted molar refractivity (Wildman–Crippen MR) is 91.7 cm³/mol. The lowest BCUT2D eigenvalue weighted by Gasteiger charge is -2.44. The van der Waals surface area contributed by atoms with E-state index in [0.29, 0.717) is 0 Å². The van der Waals surface area contributed by atoms with Crippen LogP contribution >= 0.6 is 0 Å². The van der Waals surface area contributed by atoms with Crippen LogP contribution in [0.4, 0.5) is 0 Å². The zero-order valence-electron chi connectivity index (χ0n) is 15.1. The van der Waals surface area contributed by atoms with Crippen LogP contribution in [0.2, 0.25) is 0 Å². The minimum Gasteiger partial charge on any atom is -0.394 e. The molecule has 0 aromatic carbocycles. The number of H-pyrrole nitrogens is 1. The number of aromatic nitrogens is 2. The summed E-state index contributed by atoms with van der Waals surface area (Å²) in [4.78, 5) is 25.8. The summed E-state index contributed by atoms with van der Waals surface area (Å²) in [6.07, 6.45) is -12.0. The Morgan fingerprint density at radius 1 is 0.931 bits per heavy atom. The van der Waals surface area contributed by atoms with Crippen LogP contribution in [0.25, 0.3) is 0 Å². The van der Waals surface area contributed by atoms with E-state index in [-0.39, 0.29) is 0 Å². The van der Waals surface area contributed by atoms with Gasteiger partial charge in [-0.05, 0) is 0 Å². The van der Waals surface area contributed by atoms with E-state index in [1.54, 1.807) is 0 Å². The number of aliphatic hydroxyl groups excluding tert-OH is 7. The molecule has 0 saturated carbocycles. The highest BCUT2D eigenvalue weighted by Crippen LogP contribution is 2.40. The van der Waals surface area contributed by atoms with Crippen LogP contribution in [-0.2, 0) is 15.2 Å². The lowest BCUT2D eigenvalue weighted by Crippen LogP contribution is -2.62. The van der Waals surface area contributed by atoms with Crippen molar-refractivity contribution < 1.29 is 45.2 Å². The normalized spacial score (nSPS) is 42.9. The summed E-state index contributed by atoms with van der Waals surface area (Å²) in [6, 6.07) is 0.963. The van der Waals surface area contributed by atoms with Gasteiger partial charge in [0.2, 0.25) is 0 Å². The average Bonchev–Trinajstić information content (AvgIpc) is 2.93. The van der Waals surface area contributed by atoms with E-state index < -0.39 is 85.4 Å². The van der Waals surface area contributed by atoms with Crippen molar-refractivity contribution in [2.24, 2.45) is 0 Å². The molecule has 3 rings (SSSR count). The maximum absolute atomic E-state index is 12.4. The van der Waals surface area contributed by atoms with Gasteiger partial charge in [0.1, 0.15) is 42.7 Å². The summed E-state index contributed by atoms with van der Waals surface area (Å²) in [5, 5.41) is 69.9. The van der Waals surface area contributed by atoms with Gasteiger partial charge in [0.25, 0.3) is 5.56 Å². The van der Waals surface area contributed by atoms with Crippen LogP contribution in [0.3, 0.4) is 0 Å². The van der Waals surface area contributed by atoms with E-state index in [1.165, 1.54) is 0 Å². The summed E-state index contributed by atoms with van der Waals surface area (Å²) < 4.78 is 11.8. The van der Waals surface area contributed by atoms with Crippen LogP contribution in [0, 0.1) is 0 Å². The molecule has 2 aliphatic heterocycles. The SMILES string of the molecule is O=c1ccn([C@]2(CC3O[C@H](CO)[C@@H](O)[C@H](O)[C@@H]3O)O[C@H](CO)[C@@H](O)[C@H]2O)c(=O)[nH]1. The van der Waals surface area contributed by atoms with Crippen LogP contribution in [-0.4, -0.2) is 107 Å². The first-order chi connectivity index (χ1) is 13.7. The highest BCUT2D eigenvalue weighted by molar-refractivity contribution is 5.05. The minimum atomic E-state index is -2.11. The van der Waals surface area contributed by atoms with Crippen LogP contribution in [0.15, 0.2) is 21.9 Å². The molecule has 1 unspecified atom stereocenters. The second kappa shape index (κ2) is 8.22. The van der Waals surface area contributed by atoms with E-state index >= 15 is 0 Å². The number of nitrogens with one attached hydrogen (secondary N) is 1. The number of nitrogens with zero attached hydrogens (tertiary/aromatic N) is 1. The fourth-order valence-corrected chi connectivity index (χ4v) is 3.83. The van der Waals surface area contributed by atoms with Crippen molar-refractivity contribution in [1.29, 1.82) is 0 Å². The van der Waals surface area contributed by atoms with Gasteiger partial charge < -0.3 is 45.2 Å². The zero-order chi connectivity index (χ0) is 21.5. The Labute approximate surface area is 163 Å². The van der Waals surface area contributed by atoms with Gasteiger partial charge in [-0.1, -0.05) is 0 Å². The number of aliphatic hydroxyl groups is 7. The van der Waals surface area contributed by atoms with Gasteiger partial charge >= 0.3 is 5.69 Å². The van der Waals surface area contributed by atoms with E-state index in [1.807, 2.05) is 4.98 Å². The van der Waals surface area contributed by atoms with E-state index in [0.717, 1.165) is 16.8 Å². The zero-order valence-corrected chi connectivity index (χ0v) is 15.1. The molecular weight excluding hydrogens is 396 g/mol. The van der Waals surface area contributed by atoms with Gasteiger partial charge in [-0.25, -0.2) is 4.79 Å². The first-order valence-corrected chi connectivity index (χ1v) is 8.94. The molecule has 29 heavy (non-hydrogen) atoms. The molecule has 3 heterocycles. The first kappa shape index (κ1) is 22.0. The highest BCUT2D eigenvalue weighted by Gasteiger charge is 2.58. The topological polar surface area (TPSA) is 215 Å². The third-order valence-electron chi connectivity index (χ3n) is 5.42. The Balaban J connectivity index is 2.05. The lowest BCUT2D eigenvalue weighted by molar-refractivity contribution is -0.255. The Kier molecular flexibility index (Phi) is 6.24. The Morgan fingerprint density at radius 2 is 1.55 bits per heavy atom. The fraction of sp³-hybridized carbons (Fsp3) is 0.750. The molecule has 0 amide bonds. The molecule has 1 aromatic rings. The van der Waals surface area contributed by atoms with Gasteiger partial charge in [-0.3, -0.25) is 14.3 Å². The monoisotopic (exact) mass is 420 g/mol. The van der Waals surface area contributed by atoms with Crippen LogP contribution in [0.5, 0.6) is 0 Å². The molecule has 2 aliphatic rings. The molecule has 164 valence electrons. The maximum atomic E-state index is 12.4. The Morgan fingerprint density at radius 3 is 2.10 bits per heavy atom. The van der Waals surface area contributed by atoms with Gasteiger partial charge in [0.15, 0.2) is 5.72 Å². The predicted octanol–water partition coefficient (Wildman–Crippen LogP) is -5.47. The summed E-state index contributed by atoms with van der Waals surface area (Å²) in [6.45, 7) is -1.41. The third kappa shape index (κ3) is 3.65. The summed E-state index contributed by atoms with van der Waals surface area (Å²) in [5.41, 5.74) is -3.85. The summed E-state index contributed by atoms with van der Waals surface area (Å²) in [7, 11) is 0. The van der Waals surface area contributed by atoms with Gasteiger partial charge in [-0.2, -0.15) is 0 Å². The van der Waals surface area contributed by atoms with Crippen molar-refractivity contribution in [1.82, 2.24) is 9.55 Å². The highest BCUT2D eigenvalue weighted by atomic mass is 16.6. The van der Waals surface area contributed by atoms with E-state index in [2.05, 4.69) is 0 Å². The molecule has 0 aliphatic carbocycles. The number of rotatable bonds is 5. The van der Waals surface area contributed by atoms with Gasteiger partial charge in [-0.15, -0.1) is 0 Å². The quantitative estimate of drug-likeness (QED) is 0.225. The van der Waals surface area contributed by atoms with Gasteiger partial charge in [0.05, 0.1) is 19.3 Å². The number of aromatic amines is 1. The third-order valence-corrected chi connectivity index (χ3v) is 5.42. The summed E-state index contributed by atoms with van der Waals surface area (Å²) >= 11 is 0. The first-order valence-electron chi connectivity index (χ1n) is 8.94. The fourth-order valence-electron chi connectivity index (χ4n) is 3.83. The molecule has 13 nitrogen and oxygen atoms in total. The van der Waals surface area contributed by atoms with Crippen LogP contribution < -0.4 is 11.2 Å². The standard InChI is InChI=1S/C16H24N2O11/c19-4-7-11(23)13(25)10(22)6(28-7)3-16(14(26)12(24)8(5-20)29-16)18-2-1-9(21)17-15(18)27/h1-2,6-8,10-14,19-20,22-26H,3-5H2,(H,17,21,27)/t6?,7-,8-,10-,11-,12-,13-,14-,16-/m1/s1. The molecule has 0 radical (unpaired) electrons. The van der Waals surface area contributed by atoms with E-state index in [9.17, 15) is 45.3 Å². The van der Waals surface area contributed by atoms with Gasteiger partial charge in [0, 0.05) is 18.7 Å². The van der Waals surface area contributed by atoms with E-state index in [4.69, 9.17) is 9.47 Å².